The van der Waals surface area contributed by atoms with E-state index in [-0.39, 0.29) is 11.5 Å². The van der Waals surface area contributed by atoms with Crippen LogP contribution >= 0.6 is 22.7 Å². The van der Waals surface area contributed by atoms with Gasteiger partial charge in [-0.25, -0.2) is 4.79 Å². The molecule has 0 aliphatic heterocycles. The molecule has 3 aromatic rings. The van der Waals surface area contributed by atoms with Crippen LogP contribution in [-0.2, 0) is 14.3 Å². The van der Waals surface area contributed by atoms with Crippen LogP contribution in [0.5, 0.6) is 0 Å². The Morgan fingerprint density at radius 2 is 1.75 bits per heavy atom. The van der Waals surface area contributed by atoms with Gasteiger partial charge >= 0.3 is 5.97 Å². The Morgan fingerprint density at radius 3 is 2.39 bits per heavy atom. The van der Waals surface area contributed by atoms with Gasteiger partial charge in [-0.15, -0.1) is 22.7 Å². The average molecular weight is 415 g/mol. The molecule has 0 saturated carbocycles. The largest absolute Gasteiger partial charge is 0.449 e. The van der Waals surface area contributed by atoms with Gasteiger partial charge in [0, 0.05) is 28.4 Å². The van der Waals surface area contributed by atoms with E-state index in [2.05, 4.69) is 10.6 Å². The number of para-hydroxylation sites is 1. The summed E-state index contributed by atoms with van der Waals surface area (Å²) >= 11 is 2.72. The maximum atomic E-state index is 12.8. The van der Waals surface area contributed by atoms with Crippen molar-refractivity contribution in [2.75, 3.05) is 10.6 Å². The molecule has 0 aliphatic carbocycles. The van der Waals surface area contributed by atoms with Crippen LogP contribution in [-0.4, -0.2) is 23.9 Å². The highest BCUT2D eigenvalue weighted by Gasteiger charge is 2.26. The van der Waals surface area contributed by atoms with Gasteiger partial charge in [0.25, 0.3) is 5.91 Å². The predicted molar refractivity (Wildman–Crippen MR) is 112 cm³/mol. The average Bonchev–Trinajstić information content (AvgIpc) is 3.31. The van der Waals surface area contributed by atoms with Gasteiger partial charge in [0.05, 0.1) is 0 Å². The Bertz CT molecular complexity index is 981. The van der Waals surface area contributed by atoms with E-state index in [0.717, 1.165) is 4.88 Å². The van der Waals surface area contributed by atoms with E-state index in [0.29, 0.717) is 16.3 Å². The van der Waals surface area contributed by atoms with Crippen molar-refractivity contribution in [3.8, 4) is 10.4 Å². The van der Waals surface area contributed by atoms with E-state index >= 15 is 0 Å². The van der Waals surface area contributed by atoms with Gasteiger partial charge < -0.3 is 15.4 Å². The normalized spacial score (nSPS) is 11.5. The molecule has 0 aliphatic rings. The number of amides is 2. The monoisotopic (exact) mass is 414 g/mol. The third-order valence-corrected chi connectivity index (χ3v) is 5.56. The van der Waals surface area contributed by atoms with Crippen molar-refractivity contribution in [1.82, 2.24) is 0 Å². The van der Waals surface area contributed by atoms with Crippen molar-refractivity contribution in [3.63, 3.8) is 0 Å². The van der Waals surface area contributed by atoms with Crippen LogP contribution in [0.25, 0.3) is 10.4 Å². The standard InChI is InChI=1S/C20H18N2O4S2/c1-12(18(24)22-14-7-4-3-5-8-14)26-20(25)17-15(16-9-6-10-27-16)11-28-19(17)21-13(2)23/h3-12H,1-2H3,(H,21,23)(H,22,24)/t12-/m1/s1. The predicted octanol–water partition coefficient (Wildman–Crippen LogP) is 4.62. The van der Waals surface area contributed by atoms with Crippen molar-refractivity contribution in [1.29, 1.82) is 0 Å². The van der Waals surface area contributed by atoms with Gasteiger partial charge in [0.2, 0.25) is 5.91 Å². The summed E-state index contributed by atoms with van der Waals surface area (Å²) in [6, 6.07) is 12.7. The molecule has 0 spiro atoms. The quantitative estimate of drug-likeness (QED) is 0.577. The van der Waals surface area contributed by atoms with Crippen LogP contribution in [0.15, 0.2) is 53.2 Å². The van der Waals surface area contributed by atoms with Crippen molar-refractivity contribution >= 4 is 51.1 Å². The molecule has 0 fully saturated rings. The molecule has 2 heterocycles. The Kier molecular flexibility index (Phi) is 6.23. The first-order valence-electron chi connectivity index (χ1n) is 8.45. The third kappa shape index (κ3) is 4.65. The summed E-state index contributed by atoms with van der Waals surface area (Å²) in [6.07, 6.45) is -1.01. The minimum absolute atomic E-state index is 0.252. The lowest BCUT2D eigenvalue weighted by Gasteiger charge is -2.14. The zero-order chi connectivity index (χ0) is 20.1. The lowest BCUT2D eigenvalue weighted by Crippen LogP contribution is -2.30. The van der Waals surface area contributed by atoms with Gasteiger partial charge in [-0.2, -0.15) is 0 Å². The fourth-order valence-corrected chi connectivity index (χ4v) is 4.28. The van der Waals surface area contributed by atoms with E-state index in [4.69, 9.17) is 4.74 Å². The molecular formula is C20H18N2O4S2. The molecule has 0 saturated heterocycles. The molecule has 2 amide bonds. The summed E-state index contributed by atoms with van der Waals surface area (Å²) in [5.74, 6) is -1.39. The van der Waals surface area contributed by atoms with Crippen molar-refractivity contribution in [3.05, 3.63) is 58.8 Å². The summed E-state index contributed by atoms with van der Waals surface area (Å²) < 4.78 is 5.40. The SMILES string of the molecule is CC(=O)Nc1scc(-c2cccs2)c1C(=O)O[C@H](C)C(=O)Nc1ccccc1. The van der Waals surface area contributed by atoms with Crippen LogP contribution in [0.1, 0.15) is 24.2 Å². The van der Waals surface area contributed by atoms with Crippen LogP contribution in [0.3, 0.4) is 0 Å². The molecular weight excluding hydrogens is 396 g/mol. The number of rotatable bonds is 6. The first-order chi connectivity index (χ1) is 13.5. The van der Waals surface area contributed by atoms with E-state index in [1.165, 1.54) is 36.5 Å². The maximum absolute atomic E-state index is 12.8. The second kappa shape index (κ2) is 8.81. The van der Waals surface area contributed by atoms with Gasteiger partial charge in [-0.1, -0.05) is 24.3 Å². The Hall–Kier alpha value is -2.97. The molecule has 2 N–H and O–H groups in total. The number of carbonyl (C=O) groups excluding carboxylic acids is 3. The first kappa shape index (κ1) is 19.8. The van der Waals surface area contributed by atoms with Crippen molar-refractivity contribution in [2.24, 2.45) is 0 Å². The van der Waals surface area contributed by atoms with Crippen LogP contribution in [0, 0.1) is 0 Å². The smallest absolute Gasteiger partial charge is 0.342 e. The third-order valence-electron chi connectivity index (χ3n) is 3.77. The van der Waals surface area contributed by atoms with Crippen LogP contribution in [0.2, 0.25) is 0 Å². The molecule has 3 rings (SSSR count). The van der Waals surface area contributed by atoms with Gasteiger partial charge in [-0.3, -0.25) is 9.59 Å². The number of ether oxygens (including phenoxy) is 1. The summed E-state index contributed by atoms with van der Waals surface area (Å²) in [4.78, 5) is 37.6. The number of carbonyl (C=O) groups is 3. The number of anilines is 2. The summed E-state index contributed by atoms with van der Waals surface area (Å²) in [6.45, 7) is 2.88. The second-order valence-corrected chi connectivity index (χ2v) is 7.74. The lowest BCUT2D eigenvalue weighted by atomic mass is 10.1. The number of benzene rings is 1. The zero-order valence-electron chi connectivity index (χ0n) is 15.2. The van der Waals surface area contributed by atoms with E-state index in [1.54, 1.807) is 29.6 Å². The fraction of sp³-hybridized carbons (Fsp3) is 0.150. The maximum Gasteiger partial charge on any atom is 0.342 e. The second-order valence-electron chi connectivity index (χ2n) is 5.91. The number of hydrogen-bond acceptors (Lipinski definition) is 6. The van der Waals surface area contributed by atoms with E-state index in [9.17, 15) is 14.4 Å². The first-order valence-corrected chi connectivity index (χ1v) is 10.2. The van der Waals surface area contributed by atoms with E-state index < -0.39 is 18.0 Å². The summed E-state index contributed by atoms with van der Waals surface area (Å²) in [5.41, 5.74) is 1.54. The molecule has 1 aromatic carbocycles. The van der Waals surface area contributed by atoms with Gasteiger partial charge in [-0.05, 0) is 30.5 Å². The molecule has 2 aromatic heterocycles. The molecule has 144 valence electrons. The molecule has 0 radical (unpaired) electrons. The summed E-state index contributed by atoms with van der Waals surface area (Å²) in [5, 5.41) is 9.45. The van der Waals surface area contributed by atoms with E-state index in [1.807, 2.05) is 23.6 Å². The molecule has 28 heavy (non-hydrogen) atoms. The van der Waals surface area contributed by atoms with Crippen LogP contribution in [0.4, 0.5) is 10.7 Å². The Morgan fingerprint density at radius 1 is 1.00 bits per heavy atom. The topological polar surface area (TPSA) is 84.5 Å². The molecule has 1 atom stereocenters. The fourth-order valence-electron chi connectivity index (χ4n) is 2.46. The molecule has 6 nitrogen and oxygen atoms in total. The number of thiophene rings is 2. The number of esters is 1. The lowest BCUT2D eigenvalue weighted by molar-refractivity contribution is -0.123. The highest BCUT2D eigenvalue weighted by atomic mass is 32.1. The Labute approximate surface area is 170 Å². The minimum atomic E-state index is -1.01. The van der Waals surface area contributed by atoms with Crippen molar-refractivity contribution < 1.29 is 19.1 Å². The molecule has 0 bridgehead atoms. The zero-order valence-corrected chi connectivity index (χ0v) is 16.9. The van der Waals surface area contributed by atoms with Gasteiger partial charge in [0.1, 0.15) is 10.6 Å². The summed E-state index contributed by atoms with van der Waals surface area (Å²) in [7, 11) is 0. The highest BCUT2D eigenvalue weighted by Crippen LogP contribution is 2.38. The van der Waals surface area contributed by atoms with Gasteiger partial charge in [0.15, 0.2) is 6.10 Å². The Balaban J connectivity index is 1.80. The highest BCUT2D eigenvalue weighted by molar-refractivity contribution is 7.17. The van der Waals surface area contributed by atoms with Crippen molar-refractivity contribution in [2.45, 2.75) is 20.0 Å². The minimum Gasteiger partial charge on any atom is -0.449 e. The number of nitrogens with one attached hydrogen (secondary N) is 2. The number of hydrogen-bond donors (Lipinski definition) is 2. The molecule has 8 heteroatoms. The van der Waals surface area contributed by atoms with Crippen LogP contribution < -0.4 is 10.6 Å². The molecule has 0 unspecified atom stereocenters.